The molecule has 0 atom stereocenters. The van der Waals surface area contributed by atoms with E-state index in [-0.39, 0.29) is 5.69 Å². The number of rotatable bonds is 6. The minimum atomic E-state index is -0.435. The minimum Gasteiger partial charge on any atom is -0.312 e. The molecule has 1 aliphatic carbocycles. The summed E-state index contributed by atoms with van der Waals surface area (Å²) in [6.45, 7) is 1.56. The van der Waals surface area contributed by atoms with Crippen molar-refractivity contribution >= 4 is 17.3 Å². The minimum absolute atomic E-state index is 0.0323. The Labute approximate surface area is 117 Å². The van der Waals surface area contributed by atoms with Crippen LogP contribution < -0.4 is 5.32 Å². The summed E-state index contributed by atoms with van der Waals surface area (Å²) in [6, 6.07) is 4.60. The Kier molecular flexibility index (Phi) is 4.93. The van der Waals surface area contributed by atoms with Gasteiger partial charge in [-0.1, -0.05) is 23.3 Å². The summed E-state index contributed by atoms with van der Waals surface area (Å²) in [6.07, 6.45) is 7.11. The van der Waals surface area contributed by atoms with E-state index in [1.165, 1.54) is 37.0 Å². The Hall–Kier alpha value is -1.39. The molecular weight excluding hydrogens is 264 g/mol. The molecule has 0 saturated heterocycles. The molecule has 0 spiro atoms. The van der Waals surface area contributed by atoms with Gasteiger partial charge < -0.3 is 5.32 Å². The van der Waals surface area contributed by atoms with Gasteiger partial charge in [0.2, 0.25) is 0 Å². The molecule has 4 nitrogen and oxygen atoms in total. The summed E-state index contributed by atoms with van der Waals surface area (Å²) in [5, 5.41) is 14.4. The van der Waals surface area contributed by atoms with Crippen LogP contribution >= 0.6 is 11.6 Å². The van der Waals surface area contributed by atoms with E-state index < -0.39 is 4.92 Å². The molecule has 0 unspecified atom stereocenters. The molecule has 0 amide bonds. The van der Waals surface area contributed by atoms with E-state index in [1.54, 1.807) is 6.07 Å². The molecule has 1 N–H and O–H groups in total. The third-order valence-electron chi connectivity index (χ3n) is 3.32. The van der Waals surface area contributed by atoms with Crippen molar-refractivity contribution in [2.75, 3.05) is 6.54 Å². The highest BCUT2D eigenvalue weighted by molar-refractivity contribution is 6.31. The van der Waals surface area contributed by atoms with Crippen molar-refractivity contribution in [3.05, 3.63) is 50.5 Å². The standard InChI is InChI=1S/C14H17ClN2O2/c15-14-9-13(17(18)19)6-5-12(14)10-16-8-7-11-3-1-2-4-11/h3,5-6,9,16H,1-2,4,7-8,10H2. The summed E-state index contributed by atoms with van der Waals surface area (Å²) in [5.41, 5.74) is 2.46. The van der Waals surface area contributed by atoms with Crippen LogP contribution in [-0.2, 0) is 6.54 Å². The molecular formula is C14H17ClN2O2. The van der Waals surface area contributed by atoms with Gasteiger partial charge in [0.1, 0.15) is 0 Å². The van der Waals surface area contributed by atoms with Crippen LogP contribution in [0.3, 0.4) is 0 Å². The van der Waals surface area contributed by atoms with Crippen molar-refractivity contribution in [3.8, 4) is 0 Å². The Morgan fingerprint density at radius 3 is 2.89 bits per heavy atom. The van der Waals surface area contributed by atoms with Gasteiger partial charge in [0, 0.05) is 18.7 Å². The summed E-state index contributed by atoms with van der Waals surface area (Å²) in [5.74, 6) is 0. The maximum atomic E-state index is 10.6. The molecule has 0 radical (unpaired) electrons. The van der Waals surface area contributed by atoms with Crippen LogP contribution in [0, 0.1) is 10.1 Å². The fourth-order valence-electron chi connectivity index (χ4n) is 2.23. The highest BCUT2D eigenvalue weighted by atomic mass is 35.5. The van der Waals surface area contributed by atoms with Gasteiger partial charge in [-0.05, 0) is 43.9 Å². The second kappa shape index (κ2) is 6.68. The molecule has 0 bridgehead atoms. The first-order chi connectivity index (χ1) is 9.16. The number of nitro benzene ring substituents is 1. The van der Waals surface area contributed by atoms with Crippen molar-refractivity contribution in [1.82, 2.24) is 5.32 Å². The van der Waals surface area contributed by atoms with Crippen molar-refractivity contribution in [1.29, 1.82) is 0 Å². The molecule has 102 valence electrons. The van der Waals surface area contributed by atoms with Crippen LogP contribution in [0.15, 0.2) is 29.8 Å². The van der Waals surface area contributed by atoms with Crippen LogP contribution in [0.4, 0.5) is 5.69 Å². The van der Waals surface area contributed by atoms with E-state index >= 15 is 0 Å². The largest absolute Gasteiger partial charge is 0.312 e. The monoisotopic (exact) mass is 280 g/mol. The van der Waals surface area contributed by atoms with Gasteiger partial charge in [0.15, 0.2) is 0 Å². The number of allylic oxidation sites excluding steroid dienone is 1. The summed E-state index contributed by atoms with van der Waals surface area (Å²) >= 11 is 6.02. The third-order valence-corrected chi connectivity index (χ3v) is 3.67. The van der Waals surface area contributed by atoms with Crippen LogP contribution in [-0.4, -0.2) is 11.5 Å². The molecule has 1 aliphatic rings. The normalized spacial score (nSPS) is 14.5. The smallest absolute Gasteiger partial charge is 0.270 e. The molecule has 0 aliphatic heterocycles. The first-order valence-corrected chi connectivity index (χ1v) is 6.86. The van der Waals surface area contributed by atoms with E-state index in [2.05, 4.69) is 11.4 Å². The average molecular weight is 281 g/mol. The number of halogens is 1. The molecule has 0 fully saturated rings. The van der Waals surface area contributed by atoms with Gasteiger partial charge in [-0.25, -0.2) is 0 Å². The summed E-state index contributed by atoms with van der Waals surface area (Å²) < 4.78 is 0. The van der Waals surface area contributed by atoms with Crippen molar-refractivity contribution < 1.29 is 4.92 Å². The quantitative estimate of drug-likeness (QED) is 0.373. The summed E-state index contributed by atoms with van der Waals surface area (Å²) in [4.78, 5) is 10.2. The number of nitro groups is 1. The van der Waals surface area contributed by atoms with Crippen LogP contribution in [0.1, 0.15) is 31.2 Å². The third kappa shape index (κ3) is 4.04. The van der Waals surface area contributed by atoms with Crippen molar-refractivity contribution in [3.63, 3.8) is 0 Å². The maximum Gasteiger partial charge on any atom is 0.270 e. The first-order valence-electron chi connectivity index (χ1n) is 6.48. The molecule has 19 heavy (non-hydrogen) atoms. The fourth-order valence-corrected chi connectivity index (χ4v) is 2.47. The molecule has 1 aromatic carbocycles. The van der Waals surface area contributed by atoms with Gasteiger partial charge in [-0.2, -0.15) is 0 Å². The van der Waals surface area contributed by atoms with Gasteiger partial charge >= 0.3 is 0 Å². The van der Waals surface area contributed by atoms with Crippen molar-refractivity contribution in [2.45, 2.75) is 32.2 Å². The van der Waals surface area contributed by atoms with Gasteiger partial charge in [-0.3, -0.25) is 10.1 Å². The van der Waals surface area contributed by atoms with E-state index in [9.17, 15) is 10.1 Å². The Morgan fingerprint density at radius 1 is 1.42 bits per heavy atom. The number of benzene rings is 1. The molecule has 0 heterocycles. The lowest BCUT2D eigenvalue weighted by atomic mass is 10.1. The number of hydrogen-bond donors (Lipinski definition) is 1. The topological polar surface area (TPSA) is 55.2 Å². The zero-order valence-electron chi connectivity index (χ0n) is 10.7. The maximum absolute atomic E-state index is 10.6. The number of nitrogens with zero attached hydrogens (tertiary/aromatic N) is 1. The zero-order valence-corrected chi connectivity index (χ0v) is 11.4. The molecule has 5 heteroatoms. The van der Waals surface area contributed by atoms with Gasteiger partial charge in [0.25, 0.3) is 5.69 Å². The Morgan fingerprint density at radius 2 is 2.26 bits per heavy atom. The second-order valence-corrected chi connectivity index (χ2v) is 5.12. The average Bonchev–Trinajstić information content (AvgIpc) is 2.89. The number of nitrogens with one attached hydrogen (secondary N) is 1. The SMILES string of the molecule is O=[N+]([O-])c1ccc(CNCCC2=CCCC2)c(Cl)c1. The number of non-ortho nitro benzene ring substituents is 1. The zero-order chi connectivity index (χ0) is 13.7. The van der Waals surface area contributed by atoms with Crippen LogP contribution in [0.2, 0.25) is 5.02 Å². The van der Waals surface area contributed by atoms with Crippen LogP contribution in [0.25, 0.3) is 0 Å². The van der Waals surface area contributed by atoms with Crippen molar-refractivity contribution in [2.24, 2.45) is 0 Å². The molecule has 2 rings (SSSR count). The predicted molar refractivity (Wildman–Crippen MR) is 76.4 cm³/mol. The van der Waals surface area contributed by atoms with Gasteiger partial charge in [-0.15, -0.1) is 0 Å². The van der Waals surface area contributed by atoms with E-state index in [4.69, 9.17) is 11.6 Å². The second-order valence-electron chi connectivity index (χ2n) is 4.71. The predicted octanol–water partition coefficient (Wildman–Crippen LogP) is 3.84. The lowest BCUT2D eigenvalue weighted by Gasteiger charge is -2.07. The van der Waals surface area contributed by atoms with E-state index in [1.807, 2.05) is 0 Å². The Bertz CT molecular complexity index is 500. The van der Waals surface area contributed by atoms with Crippen LogP contribution in [0.5, 0.6) is 0 Å². The first kappa shape index (κ1) is 14.0. The molecule has 0 saturated carbocycles. The van der Waals surface area contributed by atoms with Gasteiger partial charge in [0.05, 0.1) is 9.95 Å². The molecule has 0 aromatic heterocycles. The van der Waals surface area contributed by atoms with E-state index in [0.717, 1.165) is 18.5 Å². The van der Waals surface area contributed by atoms with E-state index in [0.29, 0.717) is 11.6 Å². The summed E-state index contributed by atoms with van der Waals surface area (Å²) in [7, 11) is 0. The highest BCUT2D eigenvalue weighted by Crippen LogP contribution is 2.23. The Balaban J connectivity index is 1.80. The fraction of sp³-hybridized carbons (Fsp3) is 0.429. The highest BCUT2D eigenvalue weighted by Gasteiger charge is 2.09. The molecule has 1 aromatic rings. The lowest BCUT2D eigenvalue weighted by Crippen LogP contribution is -2.15. The lowest BCUT2D eigenvalue weighted by molar-refractivity contribution is -0.384. The number of hydrogen-bond acceptors (Lipinski definition) is 3.